The first kappa shape index (κ1) is 24.5. The molecule has 1 aromatic heterocycles. The van der Waals surface area contributed by atoms with Crippen LogP contribution in [-0.4, -0.2) is 73.3 Å². The van der Waals surface area contributed by atoms with Crippen LogP contribution in [0.25, 0.3) is 0 Å². The van der Waals surface area contributed by atoms with Crippen molar-refractivity contribution in [3.8, 4) is 0 Å². The highest BCUT2D eigenvalue weighted by atomic mass is 32.2. The first-order valence-corrected chi connectivity index (χ1v) is 12.7. The lowest BCUT2D eigenvalue weighted by Gasteiger charge is -2.39. The van der Waals surface area contributed by atoms with Crippen LogP contribution < -0.4 is 4.78 Å². The van der Waals surface area contributed by atoms with Gasteiger partial charge in [0.2, 0.25) is 0 Å². The van der Waals surface area contributed by atoms with E-state index in [2.05, 4.69) is 0 Å². The molecule has 0 saturated carbocycles. The van der Waals surface area contributed by atoms with Crippen LogP contribution in [0.3, 0.4) is 0 Å². The molecule has 0 aromatic carbocycles. The minimum atomic E-state index is -3.68. The molecule has 3 rings (SSSR count). The summed E-state index contributed by atoms with van der Waals surface area (Å²) in [5.41, 5.74) is -1.58. The normalized spacial score (nSPS) is 24.5. The number of nitrogens with zero attached hydrogens (tertiary/aromatic N) is 2. The van der Waals surface area contributed by atoms with Gasteiger partial charge in [0.05, 0.1) is 11.2 Å². The molecule has 1 aromatic rings. The molecule has 0 bridgehead atoms. The third-order valence-corrected chi connectivity index (χ3v) is 9.34. The van der Waals surface area contributed by atoms with E-state index in [1.807, 2.05) is 55.4 Å². The number of ether oxygens (including phenoxy) is 1. The smallest absolute Gasteiger partial charge is 0.444 e. The second-order valence-electron chi connectivity index (χ2n) is 10.1. The average Bonchev–Trinajstić information content (AvgIpc) is 3.16. The molecule has 174 valence electrons. The molecular formula is C20H33BN2O6S2. The van der Waals surface area contributed by atoms with Crippen LogP contribution in [0.15, 0.2) is 16.3 Å². The van der Waals surface area contributed by atoms with Gasteiger partial charge in [-0.25, -0.2) is 13.2 Å². The molecular weight excluding hydrogens is 439 g/mol. The van der Waals surface area contributed by atoms with Crippen molar-refractivity contribution >= 4 is 39.3 Å². The van der Waals surface area contributed by atoms with Gasteiger partial charge in [0.25, 0.3) is 10.0 Å². The summed E-state index contributed by atoms with van der Waals surface area (Å²) in [6, 6.07) is 3.06. The number of thiophene rings is 1. The number of carbonyl (C=O) groups excluding carboxylic acids is 1. The largest absolute Gasteiger partial charge is 0.505 e. The van der Waals surface area contributed by atoms with Crippen LogP contribution in [-0.2, 0) is 24.1 Å². The van der Waals surface area contributed by atoms with Crippen molar-refractivity contribution in [3.63, 3.8) is 0 Å². The van der Waals surface area contributed by atoms with Gasteiger partial charge in [-0.2, -0.15) is 4.31 Å². The summed E-state index contributed by atoms with van der Waals surface area (Å²) in [7, 11) is -4.28. The van der Waals surface area contributed by atoms with Gasteiger partial charge >= 0.3 is 13.2 Å². The van der Waals surface area contributed by atoms with Gasteiger partial charge in [0.1, 0.15) is 9.81 Å². The van der Waals surface area contributed by atoms with Crippen LogP contribution in [0.1, 0.15) is 55.4 Å². The second kappa shape index (κ2) is 8.02. The maximum atomic E-state index is 13.2. The van der Waals surface area contributed by atoms with Crippen molar-refractivity contribution in [2.24, 2.45) is 0 Å². The molecule has 2 aliphatic rings. The number of piperazine rings is 1. The van der Waals surface area contributed by atoms with Crippen molar-refractivity contribution in [1.29, 1.82) is 0 Å². The molecule has 1 atom stereocenters. The molecule has 0 N–H and O–H groups in total. The summed E-state index contributed by atoms with van der Waals surface area (Å²) in [5, 5.41) is 0. The zero-order valence-electron chi connectivity index (χ0n) is 19.6. The van der Waals surface area contributed by atoms with Crippen LogP contribution >= 0.6 is 11.3 Å². The lowest BCUT2D eigenvalue weighted by molar-refractivity contribution is 0.00578. The van der Waals surface area contributed by atoms with E-state index in [-0.39, 0.29) is 29.9 Å². The Morgan fingerprint density at radius 2 is 1.74 bits per heavy atom. The number of hydrogen-bond acceptors (Lipinski definition) is 7. The summed E-state index contributed by atoms with van der Waals surface area (Å²) in [6.07, 6.45) is -0.420. The summed E-state index contributed by atoms with van der Waals surface area (Å²) >= 11 is 1.16. The third kappa shape index (κ3) is 4.95. The van der Waals surface area contributed by atoms with E-state index < -0.39 is 40.0 Å². The predicted molar refractivity (Wildman–Crippen MR) is 121 cm³/mol. The third-order valence-electron chi connectivity index (χ3n) is 5.90. The Morgan fingerprint density at radius 1 is 1.16 bits per heavy atom. The standard InChI is InChI=1S/C20H33BN2O6S2/c1-14-13-22(11-12-23(14)17(24)27-18(2,3)4)31(25,26)16-10-9-15(30-16)21-28-19(5,6)20(7,8)29-21/h9-10,14H,11-13H2,1-8H3/t14-/m0/s1. The average molecular weight is 472 g/mol. The maximum absolute atomic E-state index is 13.2. The van der Waals surface area contributed by atoms with Gasteiger partial charge in [0, 0.05) is 30.5 Å². The predicted octanol–water partition coefficient (Wildman–Crippen LogP) is 2.68. The Balaban J connectivity index is 1.71. The molecule has 0 aliphatic carbocycles. The van der Waals surface area contributed by atoms with Crippen LogP contribution in [0.4, 0.5) is 4.79 Å². The summed E-state index contributed by atoms with van der Waals surface area (Å²) in [6.45, 7) is 15.8. The molecule has 2 fully saturated rings. The number of rotatable bonds is 3. The van der Waals surface area contributed by atoms with Crippen molar-refractivity contribution in [2.75, 3.05) is 19.6 Å². The lowest BCUT2D eigenvalue weighted by atomic mass is 9.88. The Bertz CT molecular complexity index is 922. The van der Waals surface area contributed by atoms with Crippen LogP contribution in [0.2, 0.25) is 0 Å². The molecule has 1 amide bonds. The highest BCUT2D eigenvalue weighted by molar-refractivity contribution is 7.91. The molecule has 0 radical (unpaired) electrons. The van der Waals surface area contributed by atoms with E-state index in [1.165, 1.54) is 4.31 Å². The van der Waals surface area contributed by atoms with Crippen LogP contribution in [0.5, 0.6) is 0 Å². The van der Waals surface area contributed by atoms with E-state index in [0.717, 1.165) is 16.1 Å². The highest BCUT2D eigenvalue weighted by Crippen LogP contribution is 2.37. The SMILES string of the molecule is C[C@H]1CN(S(=O)(=O)c2ccc(B3OC(C)(C)C(C)(C)O3)s2)CCN1C(=O)OC(C)(C)C. The van der Waals surface area contributed by atoms with Crippen molar-refractivity contribution in [1.82, 2.24) is 9.21 Å². The van der Waals surface area contributed by atoms with E-state index in [4.69, 9.17) is 14.0 Å². The van der Waals surface area contributed by atoms with E-state index in [1.54, 1.807) is 17.0 Å². The van der Waals surface area contributed by atoms with Crippen molar-refractivity contribution in [2.45, 2.75) is 82.4 Å². The highest BCUT2D eigenvalue weighted by Gasteiger charge is 2.52. The summed E-state index contributed by atoms with van der Waals surface area (Å²) < 4.78 is 46.4. The van der Waals surface area contributed by atoms with Gasteiger partial charge in [-0.1, -0.05) is 6.07 Å². The number of carbonyl (C=O) groups is 1. The fourth-order valence-electron chi connectivity index (χ4n) is 3.42. The molecule has 3 heterocycles. The fraction of sp³-hybridized carbons (Fsp3) is 0.750. The van der Waals surface area contributed by atoms with E-state index in [0.29, 0.717) is 0 Å². The van der Waals surface area contributed by atoms with Crippen LogP contribution in [0, 0.1) is 0 Å². The van der Waals surface area contributed by atoms with E-state index >= 15 is 0 Å². The van der Waals surface area contributed by atoms with Crippen molar-refractivity contribution in [3.05, 3.63) is 12.1 Å². The summed E-state index contributed by atoms with van der Waals surface area (Å²) in [5.74, 6) is 0. The Morgan fingerprint density at radius 3 is 2.26 bits per heavy atom. The van der Waals surface area contributed by atoms with Gasteiger partial charge in [-0.05, 0) is 61.5 Å². The quantitative estimate of drug-likeness (QED) is 0.629. The number of sulfonamides is 1. The zero-order chi connectivity index (χ0) is 23.4. The number of amides is 1. The Hall–Kier alpha value is -1.14. The zero-order valence-corrected chi connectivity index (χ0v) is 21.2. The topological polar surface area (TPSA) is 85.4 Å². The monoisotopic (exact) mass is 472 g/mol. The molecule has 11 heteroatoms. The lowest BCUT2D eigenvalue weighted by Crippen LogP contribution is -2.56. The van der Waals surface area contributed by atoms with Gasteiger partial charge in [-0.15, -0.1) is 11.3 Å². The molecule has 0 unspecified atom stereocenters. The first-order chi connectivity index (χ1) is 14.0. The molecule has 0 spiro atoms. The summed E-state index contributed by atoms with van der Waals surface area (Å²) in [4.78, 5) is 14.0. The fourth-order valence-corrected chi connectivity index (χ4v) is 6.37. The minimum Gasteiger partial charge on any atom is -0.444 e. The van der Waals surface area contributed by atoms with Gasteiger partial charge in [0.15, 0.2) is 0 Å². The molecule has 2 aliphatic heterocycles. The van der Waals surface area contributed by atoms with Gasteiger partial charge in [-0.3, -0.25) is 0 Å². The first-order valence-electron chi connectivity index (χ1n) is 10.5. The number of hydrogen-bond donors (Lipinski definition) is 0. The Kier molecular flexibility index (Phi) is 6.34. The molecule has 31 heavy (non-hydrogen) atoms. The second-order valence-corrected chi connectivity index (χ2v) is 13.4. The Labute approximate surface area is 190 Å². The van der Waals surface area contributed by atoms with Gasteiger partial charge < -0.3 is 18.9 Å². The minimum absolute atomic E-state index is 0.214. The van der Waals surface area contributed by atoms with E-state index in [9.17, 15) is 13.2 Å². The molecule has 8 nitrogen and oxygen atoms in total. The molecule has 2 saturated heterocycles. The van der Waals surface area contributed by atoms with Crippen molar-refractivity contribution < 1.29 is 27.3 Å². The maximum Gasteiger partial charge on any atom is 0.505 e.